The zero-order chi connectivity index (χ0) is 25.2. The largest absolute Gasteiger partial charge is 0.430 e. The van der Waals surface area contributed by atoms with Gasteiger partial charge in [-0.05, 0) is 13.8 Å². The molecule has 35 heavy (non-hydrogen) atoms. The Hall–Kier alpha value is -1.04. The minimum absolute atomic E-state index is 0. The Bertz CT molecular complexity index is 1100. The minimum atomic E-state index is -0.502. The molecule has 0 aliphatic rings. The quantitative estimate of drug-likeness (QED) is 0.238. The summed E-state index contributed by atoms with van der Waals surface area (Å²) in [6.07, 6.45) is 4.02. The first-order valence-electron chi connectivity index (χ1n) is 10.4. The molecule has 0 atom stereocenters. The van der Waals surface area contributed by atoms with Gasteiger partial charge in [0.25, 0.3) is 0 Å². The Kier molecular flexibility index (Phi) is 25.7. The summed E-state index contributed by atoms with van der Waals surface area (Å²) in [6.45, 7) is 17.0. The normalized spacial score (nSPS) is 9.20. The fourth-order valence-corrected chi connectivity index (χ4v) is 2.25. The molecule has 3 aromatic rings. The second-order valence-corrected chi connectivity index (χ2v) is 5.61. The van der Waals surface area contributed by atoms with E-state index in [0.717, 1.165) is 0 Å². The van der Waals surface area contributed by atoms with Crippen molar-refractivity contribution in [3.05, 3.63) is 63.6 Å². The molecule has 3 aromatic heterocycles. The number of nitrogens with one attached hydrogen (secondary N) is 2. The van der Waals surface area contributed by atoms with Crippen LogP contribution in [0.15, 0.2) is 20.6 Å². The van der Waals surface area contributed by atoms with Crippen LogP contribution in [0.2, 0.25) is 0 Å². The number of aromatic amines is 2. The van der Waals surface area contributed by atoms with Gasteiger partial charge in [-0.2, -0.15) is 20.0 Å². The smallest absolute Gasteiger partial charge is 0.323 e. The molecule has 0 aliphatic heterocycles. The van der Waals surface area contributed by atoms with Crippen molar-refractivity contribution in [2.75, 3.05) is 32.2 Å². The maximum atomic E-state index is 11.4. The van der Waals surface area contributed by atoms with Gasteiger partial charge in [0.15, 0.2) is 5.95 Å². The van der Waals surface area contributed by atoms with E-state index < -0.39 is 11.2 Å². The van der Waals surface area contributed by atoms with Gasteiger partial charge in [-0.1, -0.05) is 0 Å². The average molecular weight is 641 g/mol. The number of aromatic nitrogens is 6. The number of ether oxygens (including phenoxy) is 2. The number of H-pyrrole nitrogens is 2. The second kappa shape index (κ2) is 23.4. The van der Waals surface area contributed by atoms with Crippen molar-refractivity contribution in [3.63, 3.8) is 0 Å². The Labute approximate surface area is 255 Å². The number of rotatable bonds is 8. The Morgan fingerprint density at radius 3 is 2.11 bits per heavy atom. The van der Waals surface area contributed by atoms with Crippen LogP contribution in [-0.2, 0) is 88.0 Å². The Morgan fingerprint density at radius 1 is 1.00 bits per heavy atom. The molecule has 3 rings (SSSR count). The van der Waals surface area contributed by atoms with Crippen LogP contribution in [0, 0.1) is 26.2 Å². The standard InChI is InChI=1S/C9H12N5O2.C8H11N2O3.2C2H5.2Y/c1-2-16-4-3-14-5-11-6-7(14)12-9(10)13-8(6)15;1-2-13-6-5-10-4-3-7(11)9-8(10)12;2*1-2;;/h2-4H2,1H3,(H3,10,12,13,15);4H,2,5-6H2,1H3,(H,9,11,12);2*1H2,2H3;;/q4*-1;;. The van der Waals surface area contributed by atoms with Crippen LogP contribution in [0.25, 0.3) is 11.2 Å². The van der Waals surface area contributed by atoms with Gasteiger partial charge in [0.2, 0.25) is 5.56 Å². The van der Waals surface area contributed by atoms with Gasteiger partial charge in [-0.15, -0.1) is 0 Å². The second-order valence-electron chi connectivity index (χ2n) is 5.61. The van der Waals surface area contributed by atoms with Gasteiger partial charge in [-0.3, -0.25) is 9.78 Å². The number of hydrogen-bond acceptors (Lipinski definition) is 8. The minimum Gasteiger partial charge on any atom is -0.430 e. The van der Waals surface area contributed by atoms with E-state index in [1.807, 2.05) is 13.8 Å². The Morgan fingerprint density at radius 2 is 1.57 bits per heavy atom. The van der Waals surface area contributed by atoms with Crippen LogP contribution in [0.3, 0.4) is 0 Å². The number of nitrogens with two attached hydrogens (primary N) is 1. The molecule has 0 saturated heterocycles. The summed E-state index contributed by atoms with van der Waals surface area (Å²) in [6, 6.07) is 2.36. The van der Waals surface area contributed by atoms with Crippen LogP contribution in [0.4, 0.5) is 5.95 Å². The summed E-state index contributed by atoms with van der Waals surface area (Å²) < 4.78 is 13.2. The van der Waals surface area contributed by atoms with Crippen molar-refractivity contribution in [2.24, 2.45) is 0 Å². The number of anilines is 1. The molecule has 12 nitrogen and oxygen atoms in total. The molecule has 3 heterocycles. The van der Waals surface area contributed by atoms with Gasteiger partial charge in [-0.25, -0.2) is 4.79 Å². The number of nitrogen functional groups attached to an aromatic ring is 1. The van der Waals surface area contributed by atoms with E-state index in [1.54, 1.807) is 18.4 Å². The van der Waals surface area contributed by atoms with Crippen molar-refractivity contribution in [1.29, 1.82) is 0 Å². The molecule has 0 aliphatic carbocycles. The zero-order valence-corrected chi connectivity index (χ0v) is 26.5. The average Bonchev–Trinajstić information content (AvgIpc) is 3.22. The van der Waals surface area contributed by atoms with Crippen LogP contribution < -0.4 is 22.5 Å². The SMILES string of the molecule is CCOCCn1[c-]nc2c(=O)[nH]c(N)nc21.CCOCCn1c[c-]c(=O)[nH]c1=O.[CH2-]C.[CH2-]C.[Y].[Y]. The number of nitrogens with zero attached hydrogens (tertiary/aromatic N) is 4. The summed E-state index contributed by atoms with van der Waals surface area (Å²) in [5.41, 5.74) is 4.85. The molecule has 2 radical (unpaired) electrons. The molecule has 0 aromatic carbocycles. The number of fused-ring (bicyclic) bond motifs is 1. The van der Waals surface area contributed by atoms with Crippen LogP contribution in [-0.4, -0.2) is 55.5 Å². The molecular weight excluding hydrogens is 608 g/mol. The van der Waals surface area contributed by atoms with Crippen LogP contribution in [0.5, 0.6) is 0 Å². The van der Waals surface area contributed by atoms with E-state index in [9.17, 15) is 14.4 Å². The topological polar surface area (TPSA) is 163 Å². The fraction of sp³-hybridized carbons (Fsp3) is 0.476. The molecule has 192 valence electrons. The third-order valence-corrected chi connectivity index (χ3v) is 3.61. The summed E-state index contributed by atoms with van der Waals surface area (Å²) in [5.74, 6) is 0.0732. The predicted octanol–water partition coefficient (Wildman–Crippen LogP) is 0.588. The molecule has 0 spiro atoms. The molecule has 14 heteroatoms. The van der Waals surface area contributed by atoms with Crippen molar-refractivity contribution in [1.82, 2.24) is 29.1 Å². The van der Waals surface area contributed by atoms with E-state index in [0.29, 0.717) is 45.2 Å². The molecule has 0 unspecified atom stereocenters. The Balaban J connectivity index is -0.000000495. The molecule has 0 fully saturated rings. The zero-order valence-electron chi connectivity index (χ0n) is 20.8. The molecule has 0 amide bonds. The van der Waals surface area contributed by atoms with Gasteiger partial charge < -0.3 is 64.0 Å². The monoisotopic (exact) mass is 641 g/mol. The van der Waals surface area contributed by atoms with E-state index in [4.69, 9.17) is 15.2 Å². The first-order valence-corrected chi connectivity index (χ1v) is 10.4. The molecule has 0 saturated carbocycles. The first-order chi connectivity index (χ1) is 16.0. The number of hydrogen-bond donors (Lipinski definition) is 3. The third kappa shape index (κ3) is 14.3. The first kappa shape index (κ1) is 38.5. The summed E-state index contributed by atoms with van der Waals surface area (Å²) in [4.78, 5) is 45.5. The van der Waals surface area contributed by atoms with Crippen LogP contribution in [0.1, 0.15) is 27.7 Å². The summed E-state index contributed by atoms with van der Waals surface area (Å²) in [5, 5.41) is 0. The molecule has 0 bridgehead atoms. The number of imidazole rings is 1. The predicted molar refractivity (Wildman–Crippen MR) is 127 cm³/mol. The van der Waals surface area contributed by atoms with E-state index in [2.05, 4.69) is 46.2 Å². The van der Waals surface area contributed by atoms with Gasteiger partial charge in [0.1, 0.15) is 0 Å². The fourth-order valence-electron chi connectivity index (χ4n) is 2.25. The molecule has 4 N–H and O–H groups in total. The van der Waals surface area contributed by atoms with Gasteiger partial charge >= 0.3 is 5.69 Å². The maximum Gasteiger partial charge on any atom is 0.323 e. The van der Waals surface area contributed by atoms with Crippen molar-refractivity contribution in [3.8, 4) is 0 Å². The third-order valence-electron chi connectivity index (χ3n) is 3.61. The van der Waals surface area contributed by atoms with Crippen molar-refractivity contribution in [2.45, 2.75) is 40.8 Å². The van der Waals surface area contributed by atoms with E-state index in [1.165, 1.54) is 10.8 Å². The summed E-state index contributed by atoms with van der Waals surface area (Å²) >= 11 is 0. The van der Waals surface area contributed by atoms with E-state index in [-0.39, 0.29) is 82.4 Å². The van der Waals surface area contributed by atoms with Crippen molar-refractivity contribution >= 4 is 17.1 Å². The summed E-state index contributed by atoms with van der Waals surface area (Å²) in [7, 11) is 0. The maximum absolute atomic E-state index is 11.4. The molecular formula is C21H33N7O5Y2-4. The van der Waals surface area contributed by atoms with Crippen LogP contribution >= 0.6 is 0 Å². The van der Waals surface area contributed by atoms with Gasteiger partial charge in [0.05, 0.1) is 18.8 Å². The van der Waals surface area contributed by atoms with Gasteiger partial charge in [0, 0.05) is 109 Å². The van der Waals surface area contributed by atoms with Crippen molar-refractivity contribution < 1.29 is 74.9 Å². The van der Waals surface area contributed by atoms with E-state index >= 15 is 0 Å².